The van der Waals surface area contributed by atoms with Gasteiger partial charge < -0.3 is 9.32 Å². The van der Waals surface area contributed by atoms with Crippen molar-refractivity contribution in [2.45, 2.75) is 49.1 Å². The van der Waals surface area contributed by atoms with Crippen molar-refractivity contribution in [2.75, 3.05) is 31.1 Å². The number of benzene rings is 1. The molecule has 0 bridgehead atoms. The summed E-state index contributed by atoms with van der Waals surface area (Å²) in [6.45, 7) is 0.601. The van der Waals surface area contributed by atoms with Crippen LogP contribution < -0.4 is 4.90 Å². The molecule has 1 saturated heterocycles. The molecule has 2 fully saturated rings. The van der Waals surface area contributed by atoms with Crippen LogP contribution in [0.1, 0.15) is 55.2 Å². The summed E-state index contributed by atoms with van der Waals surface area (Å²) in [5.41, 5.74) is -0.826. The molecule has 2 heterocycles. The van der Waals surface area contributed by atoms with Crippen LogP contribution >= 0.6 is 0 Å². The van der Waals surface area contributed by atoms with E-state index in [-0.39, 0.29) is 37.8 Å². The fraction of sp³-hybridized carbons (Fsp3) is 0.524. The van der Waals surface area contributed by atoms with E-state index < -0.39 is 26.7 Å². The smallest absolute Gasteiger partial charge is 0.416 e. The summed E-state index contributed by atoms with van der Waals surface area (Å²) in [4.78, 5) is 5.75. The number of nitrogens with zero attached hydrogens (tertiary/aromatic N) is 4. The minimum atomic E-state index is -4.62. The molecule has 7 nitrogen and oxygen atoms in total. The lowest BCUT2D eigenvalue weighted by Gasteiger charge is -2.33. The van der Waals surface area contributed by atoms with Crippen molar-refractivity contribution in [2.24, 2.45) is 0 Å². The maximum Gasteiger partial charge on any atom is 0.416 e. The Hall–Kier alpha value is -2.58. The molecule has 0 unspecified atom stereocenters. The molecule has 1 saturated carbocycles. The predicted octanol–water partition coefficient (Wildman–Crippen LogP) is 4.12. The summed E-state index contributed by atoms with van der Waals surface area (Å²) in [5, 5.41) is 9.49. The highest BCUT2D eigenvalue weighted by Crippen LogP contribution is 2.36. The van der Waals surface area contributed by atoms with Crippen molar-refractivity contribution in [1.82, 2.24) is 9.29 Å². The number of nitriles is 1. The minimum absolute atomic E-state index is 0.0584. The van der Waals surface area contributed by atoms with Gasteiger partial charge in [-0.25, -0.2) is 13.4 Å². The monoisotopic (exact) mass is 468 g/mol. The van der Waals surface area contributed by atoms with E-state index in [1.165, 1.54) is 6.42 Å². The van der Waals surface area contributed by atoms with E-state index in [9.17, 15) is 26.9 Å². The van der Waals surface area contributed by atoms with Crippen LogP contribution in [-0.2, 0) is 16.2 Å². The summed E-state index contributed by atoms with van der Waals surface area (Å²) in [5.74, 6) is 1.08. The molecule has 1 aliphatic heterocycles. The molecule has 172 valence electrons. The van der Waals surface area contributed by atoms with E-state index in [0.29, 0.717) is 17.8 Å². The molecule has 0 spiro atoms. The van der Waals surface area contributed by atoms with Crippen LogP contribution in [0.25, 0.3) is 0 Å². The molecule has 0 N–H and O–H groups in total. The lowest BCUT2D eigenvalue weighted by molar-refractivity contribution is -0.137. The third-order valence-corrected chi connectivity index (χ3v) is 7.91. The van der Waals surface area contributed by atoms with Gasteiger partial charge in [0.1, 0.15) is 6.07 Å². The Morgan fingerprint density at radius 1 is 1.09 bits per heavy atom. The Bertz CT molecular complexity index is 1110. The van der Waals surface area contributed by atoms with Crippen LogP contribution in [0, 0.1) is 11.3 Å². The van der Waals surface area contributed by atoms with Crippen molar-refractivity contribution < 1.29 is 26.0 Å². The van der Waals surface area contributed by atoms with E-state index in [1.807, 2.05) is 0 Å². The second-order valence-electron chi connectivity index (χ2n) is 8.07. The standard InChI is InChI=1S/C21H23F3N4O3S/c22-21(23,24)16-7-4-8-17(13-16)32(29,30)28-11-9-27(10-12-28)20-18(14-25)26-19(31-20)15-5-2-1-3-6-15/h4,7-8,13,15H,1-3,5-6,9-12H2. The zero-order chi connectivity index (χ0) is 22.9. The van der Waals surface area contributed by atoms with Gasteiger partial charge >= 0.3 is 6.18 Å². The molecule has 11 heteroatoms. The highest BCUT2D eigenvalue weighted by Gasteiger charge is 2.35. The highest BCUT2D eigenvalue weighted by molar-refractivity contribution is 7.89. The number of hydrogen-bond acceptors (Lipinski definition) is 6. The summed E-state index contributed by atoms with van der Waals surface area (Å²) < 4.78 is 71.9. The Morgan fingerprint density at radius 2 is 1.78 bits per heavy atom. The zero-order valence-corrected chi connectivity index (χ0v) is 18.1. The quantitative estimate of drug-likeness (QED) is 0.670. The van der Waals surface area contributed by atoms with Gasteiger partial charge in [0.15, 0.2) is 0 Å². The molecule has 0 radical (unpaired) electrons. The molecule has 1 aromatic carbocycles. The largest absolute Gasteiger partial charge is 0.423 e. The fourth-order valence-electron chi connectivity index (χ4n) is 4.25. The number of rotatable bonds is 4. The zero-order valence-electron chi connectivity index (χ0n) is 17.3. The van der Waals surface area contributed by atoms with Gasteiger partial charge in [-0.2, -0.15) is 22.7 Å². The van der Waals surface area contributed by atoms with Crippen molar-refractivity contribution in [3.63, 3.8) is 0 Å². The van der Waals surface area contributed by atoms with E-state index in [0.717, 1.165) is 48.2 Å². The van der Waals surface area contributed by atoms with E-state index >= 15 is 0 Å². The van der Waals surface area contributed by atoms with Crippen LogP contribution in [0.3, 0.4) is 0 Å². The molecule has 4 rings (SSSR count). The van der Waals surface area contributed by atoms with Crippen LogP contribution in [0.4, 0.5) is 19.1 Å². The number of anilines is 1. The first-order valence-electron chi connectivity index (χ1n) is 10.5. The minimum Gasteiger partial charge on any atom is -0.423 e. The average Bonchev–Trinajstić information content (AvgIpc) is 3.24. The number of aromatic nitrogens is 1. The Morgan fingerprint density at radius 3 is 2.41 bits per heavy atom. The Labute approximate surface area is 184 Å². The molecule has 2 aromatic rings. The first kappa shape index (κ1) is 22.6. The van der Waals surface area contributed by atoms with Gasteiger partial charge in [-0.15, -0.1) is 0 Å². The van der Waals surface area contributed by atoms with Crippen LogP contribution in [0.2, 0.25) is 0 Å². The van der Waals surface area contributed by atoms with Crippen molar-refractivity contribution in [3.8, 4) is 6.07 Å². The Balaban J connectivity index is 1.49. The second kappa shape index (κ2) is 8.75. The molecular weight excluding hydrogens is 445 g/mol. The van der Waals surface area contributed by atoms with Crippen LogP contribution in [0.15, 0.2) is 33.6 Å². The van der Waals surface area contributed by atoms with Gasteiger partial charge in [-0.05, 0) is 31.0 Å². The fourth-order valence-corrected chi connectivity index (χ4v) is 5.72. The third kappa shape index (κ3) is 4.47. The lowest BCUT2D eigenvalue weighted by Crippen LogP contribution is -2.48. The van der Waals surface area contributed by atoms with Crippen molar-refractivity contribution >= 4 is 15.9 Å². The molecule has 2 aliphatic rings. The summed E-state index contributed by atoms with van der Waals surface area (Å²) >= 11 is 0. The topological polar surface area (TPSA) is 90.4 Å². The summed E-state index contributed by atoms with van der Waals surface area (Å²) in [7, 11) is -4.08. The van der Waals surface area contributed by atoms with Gasteiger partial charge in [0, 0.05) is 32.1 Å². The molecule has 0 amide bonds. The van der Waals surface area contributed by atoms with Gasteiger partial charge in [0.2, 0.25) is 27.5 Å². The first-order chi connectivity index (χ1) is 15.2. The number of hydrogen-bond donors (Lipinski definition) is 0. The molecule has 32 heavy (non-hydrogen) atoms. The predicted molar refractivity (Wildman–Crippen MR) is 109 cm³/mol. The van der Waals surface area contributed by atoms with Gasteiger partial charge in [0.05, 0.1) is 10.5 Å². The first-order valence-corrected chi connectivity index (χ1v) is 12.0. The molecular formula is C21H23F3N4O3S. The third-order valence-electron chi connectivity index (χ3n) is 6.01. The SMILES string of the molecule is N#Cc1nc(C2CCCCC2)oc1N1CCN(S(=O)(=O)c2cccc(C(F)(F)F)c2)CC1. The van der Waals surface area contributed by atoms with E-state index in [4.69, 9.17) is 4.42 Å². The van der Waals surface area contributed by atoms with Crippen molar-refractivity contribution in [3.05, 3.63) is 41.4 Å². The molecule has 1 aromatic heterocycles. The number of halogens is 3. The van der Waals surface area contributed by atoms with E-state index in [1.54, 1.807) is 4.90 Å². The summed E-state index contributed by atoms with van der Waals surface area (Å²) in [6, 6.07) is 5.81. The maximum absolute atomic E-state index is 13.0. The normalized spacial score (nSPS) is 19.1. The van der Waals surface area contributed by atoms with Gasteiger partial charge in [0.25, 0.3) is 0 Å². The number of piperazine rings is 1. The van der Waals surface area contributed by atoms with Crippen LogP contribution in [-0.4, -0.2) is 43.9 Å². The second-order valence-corrected chi connectivity index (χ2v) is 10.0. The van der Waals surface area contributed by atoms with Crippen molar-refractivity contribution in [1.29, 1.82) is 5.26 Å². The number of alkyl halides is 3. The number of sulfonamides is 1. The maximum atomic E-state index is 13.0. The Kier molecular flexibility index (Phi) is 6.18. The van der Waals surface area contributed by atoms with E-state index in [2.05, 4.69) is 11.1 Å². The van der Waals surface area contributed by atoms with Gasteiger partial charge in [-0.1, -0.05) is 25.3 Å². The molecule has 0 atom stereocenters. The summed E-state index contributed by atoms with van der Waals surface area (Å²) in [6.07, 6.45) is 0.673. The lowest BCUT2D eigenvalue weighted by atomic mass is 9.89. The average molecular weight is 469 g/mol. The molecule has 1 aliphatic carbocycles. The number of oxazole rings is 1. The van der Waals surface area contributed by atoms with Crippen LogP contribution in [0.5, 0.6) is 0 Å². The highest BCUT2D eigenvalue weighted by atomic mass is 32.2. The van der Waals surface area contributed by atoms with Gasteiger partial charge in [-0.3, -0.25) is 0 Å².